The molecule has 1 aromatic heterocycles. The molecule has 0 saturated heterocycles. The summed E-state index contributed by atoms with van der Waals surface area (Å²) in [6, 6.07) is 4.16. The van der Waals surface area contributed by atoms with E-state index in [1.807, 2.05) is 13.0 Å². The van der Waals surface area contributed by atoms with E-state index in [4.69, 9.17) is 4.79 Å². The first kappa shape index (κ1) is 10.1. The number of thiophene rings is 1. The van der Waals surface area contributed by atoms with Crippen molar-refractivity contribution in [1.82, 2.24) is 0 Å². The van der Waals surface area contributed by atoms with E-state index >= 15 is 0 Å². The molecule has 11 heavy (non-hydrogen) atoms. The molecule has 0 aromatic carbocycles. The molecule has 0 fully saturated rings. The maximum atomic E-state index is 8.81. The fourth-order valence-electron chi connectivity index (χ4n) is 0.550. The standard InChI is InChI=1S/C7H8S.C2H4O/c1-2-4-7-5-3-6-8-7;1-2-3/h2-6H,1H3;2H,1H3/b4-2+;. The summed E-state index contributed by atoms with van der Waals surface area (Å²) in [7, 11) is 0. The Hall–Kier alpha value is -0.890. The average molecular weight is 168 g/mol. The van der Waals surface area contributed by atoms with Crippen LogP contribution in [0, 0.1) is 0 Å². The molecule has 0 unspecified atom stereocenters. The number of carbonyl (C=O) groups excluding carboxylic acids is 1. The van der Waals surface area contributed by atoms with Crippen LogP contribution in [0.15, 0.2) is 23.6 Å². The zero-order valence-electron chi connectivity index (χ0n) is 6.78. The molecule has 0 amide bonds. The summed E-state index contributed by atoms with van der Waals surface area (Å²) in [4.78, 5) is 10.1. The first-order valence-corrected chi connectivity index (χ1v) is 4.29. The molecule has 0 spiro atoms. The number of hydrogen-bond acceptors (Lipinski definition) is 2. The molecule has 1 rings (SSSR count). The molecule has 1 nitrogen and oxygen atoms in total. The van der Waals surface area contributed by atoms with Crippen LogP contribution < -0.4 is 0 Å². The fraction of sp³-hybridized carbons (Fsp3) is 0.222. The summed E-state index contributed by atoms with van der Waals surface area (Å²) in [5.41, 5.74) is 0. The van der Waals surface area contributed by atoms with Gasteiger partial charge in [-0.15, -0.1) is 11.3 Å². The predicted octanol–water partition coefficient (Wildman–Crippen LogP) is 2.99. The molecule has 1 aromatic rings. The van der Waals surface area contributed by atoms with Gasteiger partial charge in [-0.2, -0.15) is 0 Å². The van der Waals surface area contributed by atoms with Crippen LogP contribution >= 0.6 is 11.3 Å². The summed E-state index contributed by atoms with van der Waals surface area (Å²) in [6.07, 6.45) is 4.90. The Morgan fingerprint density at radius 1 is 1.45 bits per heavy atom. The second-order valence-corrected chi connectivity index (χ2v) is 2.73. The van der Waals surface area contributed by atoms with Crippen molar-refractivity contribution in [1.29, 1.82) is 0 Å². The molecular weight excluding hydrogens is 156 g/mol. The lowest BCUT2D eigenvalue weighted by molar-refractivity contribution is -0.106. The van der Waals surface area contributed by atoms with Crippen molar-refractivity contribution in [2.45, 2.75) is 13.8 Å². The third-order valence-electron chi connectivity index (χ3n) is 0.874. The van der Waals surface area contributed by atoms with Gasteiger partial charge < -0.3 is 4.79 Å². The predicted molar refractivity (Wildman–Crippen MR) is 50.8 cm³/mol. The van der Waals surface area contributed by atoms with Gasteiger partial charge in [0.1, 0.15) is 6.29 Å². The Kier molecular flexibility index (Phi) is 6.64. The topological polar surface area (TPSA) is 17.1 Å². The summed E-state index contributed by atoms with van der Waals surface area (Å²) in [5, 5.41) is 2.08. The van der Waals surface area contributed by atoms with Gasteiger partial charge in [-0.25, -0.2) is 0 Å². The Bertz CT molecular complexity index is 199. The van der Waals surface area contributed by atoms with E-state index in [1.54, 1.807) is 11.3 Å². The highest BCUT2D eigenvalue weighted by Gasteiger charge is 1.80. The average Bonchev–Trinajstić information content (AvgIpc) is 2.42. The van der Waals surface area contributed by atoms with E-state index in [9.17, 15) is 0 Å². The van der Waals surface area contributed by atoms with Crippen molar-refractivity contribution in [3.63, 3.8) is 0 Å². The molecule has 0 bridgehead atoms. The van der Waals surface area contributed by atoms with Crippen LogP contribution in [0.3, 0.4) is 0 Å². The van der Waals surface area contributed by atoms with E-state index in [0.717, 1.165) is 6.29 Å². The highest BCUT2D eigenvalue weighted by molar-refractivity contribution is 7.10. The zero-order chi connectivity index (χ0) is 8.53. The molecule has 0 aliphatic heterocycles. The normalized spacial score (nSPS) is 8.91. The number of allylic oxidation sites excluding steroid dienone is 1. The van der Waals surface area contributed by atoms with Crippen molar-refractivity contribution in [3.8, 4) is 0 Å². The van der Waals surface area contributed by atoms with Crippen LogP contribution in [0.1, 0.15) is 18.7 Å². The van der Waals surface area contributed by atoms with Gasteiger partial charge >= 0.3 is 0 Å². The lowest BCUT2D eigenvalue weighted by atomic mass is 10.4. The highest BCUT2D eigenvalue weighted by Crippen LogP contribution is 2.09. The smallest absolute Gasteiger partial charge is 0.116 e. The van der Waals surface area contributed by atoms with E-state index in [1.165, 1.54) is 11.8 Å². The van der Waals surface area contributed by atoms with E-state index in [2.05, 4.69) is 23.6 Å². The van der Waals surface area contributed by atoms with Gasteiger partial charge in [0.2, 0.25) is 0 Å². The molecule has 0 saturated carbocycles. The van der Waals surface area contributed by atoms with Gasteiger partial charge in [-0.3, -0.25) is 0 Å². The van der Waals surface area contributed by atoms with E-state index < -0.39 is 0 Å². The van der Waals surface area contributed by atoms with Crippen molar-refractivity contribution in [2.24, 2.45) is 0 Å². The lowest BCUT2D eigenvalue weighted by Crippen LogP contribution is -1.50. The lowest BCUT2D eigenvalue weighted by Gasteiger charge is -1.75. The number of carbonyl (C=O) groups is 1. The largest absolute Gasteiger partial charge is 0.304 e. The Balaban J connectivity index is 0.000000292. The number of rotatable bonds is 1. The SMILES string of the molecule is C/C=C/c1cccs1.CC=O. The zero-order valence-corrected chi connectivity index (χ0v) is 7.60. The minimum atomic E-state index is 0.750. The third-order valence-corrected chi connectivity index (χ3v) is 1.71. The molecule has 0 radical (unpaired) electrons. The van der Waals surface area contributed by atoms with Crippen molar-refractivity contribution >= 4 is 23.7 Å². The molecule has 0 aliphatic rings. The van der Waals surface area contributed by atoms with Gasteiger partial charge in [-0.1, -0.05) is 12.1 Å². The van der Waals surface area contributed by atoms with Gasteiger partial charge in [0.25, 0.3) is 0 Å². The second kappa shape index (κ2) is 7.22. The maximum absolute atomic E-state index is 8.81. The van der Waals surface area contributed by atoms with E-state index in [0.29, 0.717) is 0 Å². The fourth-order valence-corrected chi connectivity index (χ4v) is 1.24. The second-order valence-electron chi connectivity index (χ2n) is 1.75. The first-order chi connectivity index (χ1) is 5.35. The molecule has 0 aliphatic carbocycles. The van der Waals surface area contributed by atoms with Crippen LogP contribution in [0.4, 0.5) is 0 Å². The number of aldehydes is 1. The Morgan fingerprint density at radius 3 is 2.45 bits per heavy atom. The van der Waals surface area contributed by atoms with Crippen molar-refractivity contribution in [3.05, 3.63) is 28.5 Å². The van der Waals surface area contributed by atoms with Gasteiger partial charge in [0.15, 0.2) is 0 Å². The van der Waals surface area contributed by atoms with E-state index in [-0.39, 0.29) is 0 Å². The van der Waals surface area contributed by atoms with Gasteiger partial charge in [0.05, 0.1) is 0 Å². The minimum Gasteiger partial charge on any atom is -0.304 e. The molecule has 2 heteroatoms. The monoisotopic (exact) mass is 168 g/mol. The minimum absolute atomic E-state index is 0.750. The highest BCUT2D eigenvalue weighted by atomic mass is 32.1. The molecule has 60 valence electrons. The van der Waals surface area contributed by atoms with Crippen LogP contribution in [-0.2, 0) is 4.79 Å². The van der Waals surface area contributed by atoms with Crippen molar-refractivity contribution < 1.29 is 4.79 Å². The quantitative estimate of drug-likeness (QED) is 0.589. The number of hydrogen-bond donors (Lipinski definition) is 0. The summed E-state index contributed by atoms with van der Waals surface area (Å²) in [6.45, 7) is 3.47. The molecule has 0 atom stereocenters. The van der Waals surface area contributed by atoms with Crippen LogP contribution in [0.2, 0.25) is 0 Å². The molecular formula is C9H12OS. The van der Waals surface area contributed by atoms with Crippen LogP contribution in [0.5, 0.6) is 0 Å². The molecule has 1 heterocycles. The van der Waals surface area contributed by atoms with Crippen LogP contribution in [-0.4, -0.2) is 6.29 Å². The van der Waals surface area contributed by atoms with Gasteiger partial charge in [0, 0.05) is 4.88 Å². The summed E-state index contributed by atoms with van der Waals surface area (Å²) < 4.78 is 0. The summed E-state index contributed by atoms with van der Waals surface area (Å²) in [5.74, 6) is 0. The van der Waals surface area contributed by atoms with Crippen molar-refractivity contribution in [2.75, 3.05) is 0 Å². The first-order valence-electron chi connectivity index (χ1n) is 3.41. The Labute approximate surface area is 71.4 Å². The third kappa shape index (κ3) is 5.55. The Morgan fingerprint density at radius 2 is 2.09 bits per heavy atom. The maximum Gasteiger partial charge on any atom is 0.116 e. The van der Waals surface area contributed by atoms with Crippen LogP contribution in [0.25, 0.3) is 6.08 Å². The summed E-state index contributed by atoms with van der Waals surface area (Å²) >= 11 is 1.76. The molecule has 0 N–H and O–H groups in total. The van der Waals surface area contributed by atoms with Gasteiger partial charge in [-0.05, 0) is 31.4 Å².